The largest absolute Gasteiger partial charge is 0.391 e. The van der Waals surface area contributed by atoms with Crippen molar-refractivity contribution in [2.75, 3.05) is 18.0 Å². The van der Waals surface area contributed by atoms with E-state index in [4.69, 9.17) is 5.26 Å². The standard InChI is InChI=1S/C11H13N3O/c1-8-2-3-11(13-10(8)6-12)14-5-4-9(15)7-14/h2-3,9,15H,4-5,7H2,1H3/t9-/m0/s1. The average molecular weight is 203 g/mol. The van der Waals surface area contributed by atoms with E-state index in [9.17, 15) is 5.11 Å². The molecule has 0 radical (unpaired) electrons. The van der Waals surface area contributed by atoms with Gasteiger partial charge in [0.25, 0.3) is 0 Å². The van der Waals surface area contributed by atoms with Gasteiger partial charge in [-0.2, -0.15) is 5.26 Å². The van der Waals surface area contributed by atoms with E-state index >= 15 is 0 Å². The Kier molecular flexibility index (Phi) is 2.57. The van der Waals surface area contributed by atoms with Crippen LogP contribution < -0.4 is 4.90 Å². The number of β-amino-alcohol motifs (C(OH)–C–C–N with tert-alkyl or cyclic N) is 1. The summed E-state index contributed by atoms with van der Waals surface area (Å²) in [4.78, 5) is 6.27. The molecule has 0 bridgehead atoms. The van der Waals surface area contributed by atoms with E-state index in [2.05, 4.69) is 11.1 Å². The number of aliphatic hydroxyl groups is 1. The van der Waals surface area contributed by atoms with Gasteiger partial charge < -0.3 is 10.0 Å². The van der Waals surface area contributed by atoms with Gasteiger partial charge in [0.05, 0.1) is 6.10 Å². The smallest absolute Gasteiger partial charge is 0.145 e. The molecule has 1 saturated heterocycles. The van der Waals surface area contributed by atoms with Crippen LogP contribution >= 0.6 is 0 Å². The number of rotatable bonds is 1. The van der Waals surface area contributed by atoms with E-state index in [1.54, 1.807) is 0 Å². The second kappa shape index (κ2) is 3.87. The van der Waals surface area contributed by atoms with Crippen molar-refractivity contribution in [3.8, 4) is 6.07 Å². The van der Waals surface area contributed by atoms with Crippen molar-refractivity contribution >= 4 is 5.82 Å². The number of aromatic nitrogens is 1. The van der Waals surface area contributed by atoms with Crippen molar-refractivity contribution in [3.05, 3.63) is 23.4 Å². The van der Waals surface area contributed by atoms with Gasteiger partial charge in [0.15, 0.2) is 0 Å². The number of aliphatic hydroxyl groups excluding tert-OH is 1. The van der Waals surface area contributed by atoms with Crippen LogP contribution in [0.15, 0.2) is 12.1 Å². The molecule has 0 spiro atoms. The number of hydrogen-bond donors (Lipinski definition) is 1. The van der Waals surface area contributed by atoms with Gasteiger partial charge in [0.2, 0.25) is 0 Å². The van der Waals surface area contributed by atoms with Gasteiger partial charge in [-0.3, -0.25) is 0 Å². The van der Waals surface area contributed by atoms with Crippen LogP contribution in [-0.2, 0) is 0 Å². The third-order valence-electron chi connectivity index (χ3n) is 2.68. The molecule has 0 amide bonds. The summed E-state index contributed by atoms with van der Waals surface area (Å²) in [5.41, 5.74) is 1.36. The highest BCUT2D eigenvalue weighted by Crippen LogP contribution is 2.19. The molecule has 1 aliphatic heterocycles. The first-order valence-corrected chi connectivity index (χ1v) is 5.01. The van der Waals surface area contributed by atoms with Crippen LogP contribution in [0.1, 0.15) is 17.7 Å². The maximum Gasteiger partial charge on any atom is 0.145 e. The number of hydrogen-bond acceptors (Lipinski definition) is 4. The van der Waals surface area contributed by atoms with E-state index in [1.165, 1.54) is 0 Å². The summed E-state index contributed by atoms with van der Waals surface area (Å²) >= 11 is 0. The molecule has 0 aromatic carbocycles. The third-order valence-corrected chi connectivity index (χ3v) is 2.68. The highest BCUT2D eigenvalue weighted by Gasteiger charge is 2.21. The lowest BCUT2D eigenvalue weighted by molar-refractivity contribution is 0.198. The molecule has 15 heavy (non-hydrogen) atoms. The minimum atomic E-state index is -0.265. The SMILES string of the molecule is Cc1ccc(N2CC[C@H](O)C2)nc1C#N. The van der Waals surface area contributed by atoms with Crippen LogP contribution in [0.2, 0.25) is 0 Å². The van der Waals surface area contributed by atoms with Crippen LogP contribution in [0.3, 0.4) is 0 Å². The highest BCUT2D eigenvalue weighted by molar-refractivity contribution is 5.45. The van der Waals surface area contributed by atoms with Crippen LogP contribution in [0.25, 0.3) is 0 Å². The first-order chi connectivity index (χ1) is 7.20. The molecule has 1 aromatic rings. The van der Waals surface area contributed by atoms with E-state index in [0.29, 0.717) is 12.2 Å². The molecule has 4 nitrogen and oxygen atoms in total. The predicted octanol–water partition coefficient (Wildman–Crippen LogP) is 0.833. The van der Waals surface area contributed by atoms with Gasteiger partial charge in [-0.25, -0.2) is 4.98 Å². The van der Waals surface area contributed by atoms with Crippen molar-refractivity contribution in [2.24, 2.45) is 0 Å². The van der Waals surface area contributed by atoms with Crippen molar-refractivity contribution in [1.82, 2.24) is 4.98 Å². The molecule has 2 heterocycles. The molecule has 1 fully saturated rings. The van der Waals surface area contributed by atoms with Crippen molar-refractivity contribution in [3.63, 3.8) is 0 Å². The minimum absolute atomic E-state index is 0.265. The van der Waals surface area contributed by atoms with Gasteiger partial charge in [-0.15, -0.1) is 0 Å². The van der Waals surface area contributed by atoms with Crippen LogP contribution in [0, 0.1) is 18.3 Å². The van der Waals surface area contributed by atoms with Crippen LogP contribution in [0.4, 0.5) is 5.82 Å². The number of anilines is 1. The number of nitrogens with zero attached hydrogens (tertiary/aromatic N) is 3. The molecule has 0 saturated carbocycles. The molecule has 1 atom stereocenters. The van der Waals surface area contributed by atoms with Gasteiger partial charge in [-0.1, -0.05) is 6.07 Å². The highest BCUT2D eigenvalue weighted by atomic mass is 16.3. The zero-order valence-electron chi connectivity index (χ0n) is 8.64. The fraction of sp³-hybridized carbons (Fsp3) is 0.455. The van der Waals surface area contributed by atoms with Gasteiger partial charge in [0, 0.05) is 13.1 Å². The van der Waals surface area contributed by atoms with Crippen LogP contribution in [0.5, 0.6) is 0 Å². The topological polar surface area (TPSA) is 60.1 Å². The second-order valence-corrected chi connectivity index (χ2v) is 3.84. The first-order valence-electron chi connectivity index (χ1n) is 5.01. The maximum atomic E-state index is 9.41. The molecule has 2 rings (SSSR count). The Hall–Kier alpha value is -1.60. The monoisotopic (exact) mass is 203 g/mol. The van der Waals surface area contributed by atoms with E-state index in [-0.39, 0.29) is 6.10 Å². The molecule has 4 heteroatoms. The van der Waals surface area contributed by atoms with Gasteiger partial charge in [0.1, 0.15) is 17.6 Å². The average Bonchev–Trinajstić information content (AvgIpc) is 2.66. The lowest BCUT2D eigenvalue weighted by Crippen LogP contribution is -2.22. The van der Waals surface area contributed by atoms with Crippen molar-refractivity contribution < 1.29 is 5.11 Å². The van der Waals surface area contributed by atoms with Gasteiger partial charge in [-0.05, 0) is 25.0 Å². The van der Waals surface area contributed by atoms with E-state index in [1.807, 2.05) is 24.0 Å². The lowest BCUT2D eigenvalue weighted by Gasteiger charge is -2.16. The zero-order valence-corrected chi connectivity index (χ0v) is 8.64. The molecule has 1 aromatic heterocycles. The first kappa shape index (κ1) is 9.94. The number of aryl methyl sites for hydroxylation is 1. The Morgan fingerprint density at radius 2 is 2.40 bits per heavy atom. The summed E-state index contributed by atoms with van der Waals surface area (Å²) in [7, 11) is 0. The molecule has 0 aliphatic carbocycles. The summed E-state index contributed by atoms with van der Waals surface area (Å²) in [6.45, 7) is 3.29. The normalized spacial score (nSPS) is 20.3. The molecular weight excluding hydrogens is 190 g/mol. The molecule has 0 unspecified atom stereocenters. The third kappa shape index (κ3) is 1.92. The number of pyridine rings is 1. The number of nitriles is 1. The summed E-state index contributed by atoms with van der Waals surface area (Å²) < 4.78 is 0. The van der Waals surface area contributed by atoms with Crippen molar-refractivity contribution in [1.29, 1.82) is 5.26 Å². The van der Waals surface area contributed by atoms with E-state index < -0.39 is 0 Å². The van der Waals surface area contributed by atoms with Crippen molar-refractivity contribution in [2.45, 2.75) is 19.4 Å². The Labute approximate surface area is 88.8 Å². The molecule has 78 valence electrons. The molecular formula is C11H13N3O. The minimum Gasteiger partial charge on any atom is -0.391 e. The fourth-order valence-electron chi connectivity index (χ4n) is 1.76. The van der Waals surface area contributed by atoms with Gasteiger partial charge >= 0.3 is 0 Å². The van der Waals surface area contributed by atoms with E-state index in [0.717, 1.165) is 24.3 Å². The quantitative estimate of drug-likeness (QED) is 0.734. The van der Waals surface area contributed by atoms with Crippen LogP contribution in [-0.4, -0.2) is 29.3 Å². The summed E-state index contributed by atoms with van der Waals surface area (Å²) in [5.74, 6) is 0.786. The lowest BCUT2D eigenvalue weighted by atomic mass is 10.2. The summed E-state index contributed by atoms with van der Waals surface area (Å²) in [6, 6.07) is 5.86. The Bertz CT molecular complexity index is 411. The molecule has 1 N–H and O–H groups in total. The zero-order chi connectivity index (χ0) is 10.8. The Morgan fingerprint density at radius 3 is 3.00 bits per heavy atom. The molecule has 1 aliphatic rings. The second-order valence-electron chi connectivity index (χ2n) is 3.84. The Balaban J connectivity index is 2.26. The maximum absolute atomic E-state index is 9.41. The summed E-state index contributed by atoms with van der Waals surface area (Å²) in [5, 5.41) is 18.3. The fourth-order valence-corrected chi connectivity index (χ4v) is 1.76. The Morgan fingerprint density at radius 1 is 1.60 bits per heavy atom. The summed E-state index contributed by atoms with van der Waals surface area (Å²) in [6.07, 6.45) is 0.510. The predicted molar refractivity (Wildman–Crippen MR) is 56.5 cm³/mol.